The lowest BCUT2D eigenvalue weighted by molar-refractivity contribution is 0.397. The molecule has 1 unspecified atom stereocenters. The quantitative estimate of drug-likeness (QED) is 0.595. The zero-order chi connectivity index (χ0) is 18.4. The van der Waals surface area contributed by atoms with Gasteiger partial charge >= 0.3 is 0 Å². The third kappa shape index (κ3) is 8.02. The van der Waals surface area contributed by atoms with Gasteiger partial charge in [0.05, 0.1) is 10.6 Å². The van der Waals surface area contributed by atoms with Crippen molar-refractivity contribution in [1.82, 2.24) is 9.03 Å². The minimum absolute atomic E-state index is 0. The highest BCUT2D eigenvalue weighted by molar-refractivity contribution is 7.90. The second kappa shape index (κ2) is 10.4. The Bertz CT molecular complexity index is 710. The van der Waals surface area contributed by atoms with Crippen LogP contribution in [0, 0.1) is 5.92 Å². The SMILES string of the molecule is CC(C)C(N)CCN(C)S(=O)(=O)CCNS(=O)(=O)c1ccccc1.Cl. The molecule has 1 aromatic carbocycles. The van der Waals surface area contributed by atoms with E-state index in [1.165, 1.54) is 23.5 Å². The van der Waals surface area contributed by atoms with Gasteiger partial charge in [-0.05, 0) is 24.5 Å². The van der Waals surface area contributed by atoms with Crippen molar-refractivity contribution in [2.45, 2.75) is 31.2 Å². The molecule has 7 nitrogen and oxygen atoms in total. The summed E-state index contributed by atoms with van der Waals surface area (Å²) in [4.78, 5) is 0.110. The monoisotopic (exact) mass is 413 g/mol. The number of hydrogen-bond acceptors (Lipinski definition) is 5. The minimum Gasteiger partial charge on any atom is -0.327 e. The van der Waals surface area contributed by atoms with Crippen molar-refractivity contribution in [3.63, 3.8) is 0 Å². The molecule has 3 N–H and O–H groups in total. The van der Waals surface area contributed by atoms with E-state index in [2.05, 4.69) is 4.72 Å². The predicted octanol–water partition coefficient (Wildman–Crippen LogP) is 1.02. The average Bonchev–Trinajstić information content (AvgIpc) is 2.52. The van der Waals surface area contributed by atoms with E-state index in [0.717, 1.165) is 0 Å². The van der Waals surface area contributed by atoms with Crippen LogP contribution in [0.2, 0.25) is 0 Å². The van der Waals surface area contributed by atoms with Gasteiger partial charge in [-0.25, -0.2) is 25.9 Å². The fourth-order valence-corrected chi connectivity index (χ4v) is 4.18. The Labute approximate surface area is 157 Å². The van der Waals surface area contributed by atoms with Gasteiger partial charge in [-0.3, -0.25) is 0 Å². The Morgan fingerprint density at radius 3 is 2.20 bits per heavy atom. The maximum atomic E-state index is 12.2. The van der Waals surface area contributed by atoms with Crippen molar-refractivity contribution in [1.29, 1.82) is 0 Å². The largest absolute Gasteiger partial charge is 0.327 e. The fourth-order valence-electron chi connectivity index (χ4n) is 1.95. The summed E-state index contributed by atoms with van der Waals surface area (Å²) in [6.45, 7) is 4.10. The predicted molar refractivity (Wildman–Crippen MR) is 103 cm³/mol. The molecule has 0 saturated carbocycles. The van der Waals surface area contributed by atoms with Gasteiger partial charge in [-0.1, -0.05) is 32.0 Å². The molecule has 0 spiro atoms. The first-order valence-corrected chi connectivity index (χ1v) is 10.9. The average molecular weight is 414 g/mol. The summed E-state index contributed by atoms with van der Waals surface area (Å²) < 4.78 is 52.0. The molecule has 0 aliphatic carbocycles. The molecule has 10 heteroatoms. The number of nitrogens with one attached hydrogen (secondary N) is 1. The van der Waals surface area contributed by atoms with Crippen LogP contribution >= 0.6 is 12.4 Å². The molecule has 0 heterocycles. The maximum Gasteiger partial charge on any atom is 0.240 e. The zero-order valence-corrected chi connectivity index (χ0v) is 17.2. The van der Waals surface area contributed by atoms with Gasteiger partial charge in [0.25, 0.3) is 0 Å². The minimum atomic E-state index is -3.70. The molecule has 0 radical (unpaired) electrons. The highest BCUT2D eigenvalue weighted by Gasteiger charge is 2.21. The van der Waals surface area contributed by atoms with Crippen LogP contribution in [0.25, 0.3) is 0 Å². The summed E-state index contributed by atoms with van der Waals surface area (Å²) in [5.74, 6) is -0.0225. The van der Waals surface area contributed by atoms with Crippen molar-refractivity contribution < 1.29 is 16.8 Å². The molecule has 0 aliphatic heterocycles. The van der Waals surface area contributed by atoms with Crippen molar-refractivity contribution in [3.8, 4) is 0 Å². The molecule has 1 atom stereocenters. The summed E-state index contributed by atoms with van der Waals surface area (Å²) in [7, 11) is -5.75. The van der Waals surface area contributed by atoms with E-state index in [1.54, 1.807) is 18.2 Å². The molecule has 146 valence electrons. The van der Waals surface area contributed by atoms with Crippen LogP contribution in [-0.2, 0) is 20.0 Å². The molecule has 0 aliphatic rings. The summed E-state index contributed by atoms with van der Waals surface area (Å²) in [6.07, 6.45) is 0.559. The van der Waals surface area contributed by atoms with Crippen molar-refractivity contribution in [2.75, 3.05) is 25.9 Å². The van der Waals surface area contributed by atoms with Crippen LogP contribution in [0.5, 0.6) is 0 Å². The number of sulfonamides is 2. The van der Waals surface area contributed by atoms with Gasteiger partial charge in [-0.2, -0.15) is 0 Å². The molecule has 0 fully saturated rings. The van der Waals surface area contributed by atoms with E-state index >= 15 is 0 Å². The van der Waals surface area contributed by atoms with Crippen LogP contribution in [-0.4, -0.2) is 53.1 Å². The van der Waals surface area contributed by atoms with Crippen molar-refractivity contribution >= 4 is 32.5 Å². The molecular weight excluding hydrogens is 386 g/mol. The van der Waals surface area contributed by atoms with Crippen LogP contribution in [0.1, 0.15) is 20.3 Å². The number of nitrogens with zero attached hydrogens (tertiary/aromatic N) is 1. The number of halogens is 1. The van der Waals surface area contributed by atoms with Crippen molar-refractivity contribution in [2.24, 2.45) is 11.7 Å². The van der Waals surface area contributed by atoms with E-state index in [0.29, 0.717) is 13.0 Å². The molecule has 0 bridgehead atoms. The van der Waals surface area contributed by atoms with Crippen LogP contribution in [0.15, 0.2) is 35.2 Å². The maximum absolute atomic E-state index is 12.2. The lowest BCUT2D eigenvalue weighted by Crippen LogP contribution is -2.38. The van der Waals surface area contributed by atoms with Gasteiger partial charge < -0.3 is 5.73 Å². The van der Waals surface area contributed by atoms with E-state index in [-0.39, 0.29) is 41.6 Å². The Morgan fingerprint density at radius 1 is 1.12 bits per heavy atom. The zero-order valence-electron chi connectivity index (χ0n) is 14.8. The van der Waals surface area contributed by atoms with Gasteiger partial charge in [-0.15, -0.1) is 12.4 Å². The molecule has 0 aromatic heterocycles. The van der Waals surface area contributed by atoms with E-state index in [4.69, 9.17) is 5.73 Å². The third-order valence-corrected chi connectivity index (χ3v) is 7.14. The van der Waals surface area contributed by atoms with E-state index in [9.17, 15) is 16.8 Å². The lowest BCUT2D eigenvalue weighted by atomic mass is 10.0. The summed E-state index contributed by atoms with van der Waals surface area (Å²) in [6, 6.07) is 7.76. The number of nitrogens with two attached hydrogens (primary N) is 1. The molecule has 0 amide bonds. The number of benzene rings is 1. The highest BCUT2D eigenvalue weighted by Crippen LogP contribution is 2.08. The lowest BCUT2D eigenvalue weighted by Gasteiger charge is -2.21. The first-order valence-electron chi connectivity index (χ1n) is 7.80. The summed E-state index contributed by atoms with van der Waals surface area (Å²) in [5, 5.41) is 0. The fraction of sp³-hybridized carbons (Fsp3) is 0.600. The molecule has 1 rings (SSSR count). The Hall–Kier alpha value is -0.710. The number of rotatable bonds is 10. The molecule has 25 heavy (non-hydrogen) atoms. The second-order valence-electron chi connectivity index (χ2n) is 6.04. The van der Waals surface area contributed by atoms with E-state index < -0.39 is 20.0 Å². The second-order valence-corrected chi connectivity index (χ2v) is 10.0. The van der Waals surface area contributed by atoms with Gasteiger partial charge in [0.1, 0.15) is 0 Å². The van der Waals surface area contributed by atoms with Crippen molar-refractivity contribution in [3.05, 3.63) is 30.3 Å². The topological polar surface area (TPSA) is 110 Å². The smallest absolute Gasteiger partial charge is 0.240 e. The van der Waals surface area contributed by atoms with Gasteiger partial charge in [0, 0.05) is 26.2 Å². The third-order valence-electron chi connectivity index (χ3n) is 3.81. The summed E-state index contributed by atoms with van der Waals surface area (Å²) in [5.41, 5.74) is 5.92. The number of hydrogen-bond donors (Lipinski definition) is 2. The Morgan fingerprint density at radius 2 is 1.68 bits per heavy atom. The summed E-state index contributed by atoms with van der Waals surface area (Å²) >= 11 is 0. The Balaban J connectivity index is 0.00000576. The van der Waals surface area contributed by atoms with E-state index in [1.807, 2.05) is 13.8 Å². The molecule has 0 saturated heterocycles. The normalized spacial score (nSPS) is 13.7. The molecular formula is C15H28ClN3O4S2. The molecule has 1 aromatic rings. The van der Waals surface area contributed by atoms with Crippen LogP contribution in [0.4, 0.5) is 0 Å². The van der Waals surface area contributed by atoms with Gasteiger partial charge in [0.2, 0.25) is 20.0 Å². The van der Waals surface area contributed by atoms with Crippen LogP contribution in [0.3, 0.4) is 0 Å². The van der Waals surface area contributed by atoms with Crippen LogP contribution < -0.4 is 10.5 Å². The first-order chi connectivity index (χ1) is 11.1. The standard InChI is InChI=1S/C15H27N3O4S2.ClH/c1-13(2)15(16)9-11-18(3)23(19,20)12-10-17-24(21,22)14-7-5-4-6-8-14;/h4-8,13,15,17H,9-12,16H2,1-3H3;1H. The first kappa shape index (κ1) is 24.3. The Kier molecular flexibility index (Phi) is 10.1. The van der Waals surface area contributed by atoms with Gasteiger partial charge in [0.15, 0.2) is 0 Å². The highest BCUT2D eigenvalue weighted by atomic mass is 35.5.